The first-order valence-corrected chi connectivity index (χ1v) is 6.00. The molecule has 0 spiro atoms. The van der Waals surface area contributed by atoms with Gasteiger partial charge >= 0.3 is 0 Å². The predicted octanol–water partition coefficient (Wildman–Crippen LogP) is 3.99. The maximum Gasteiger partial charge on any atom is 0.272 e. The van der Waals surface area contributed by atoms with Crippen molar-refractivity contribution in [3.63, 3.8) is 0 Å². The number of non-ortho nitro benzene ring substituents is 1. The van der Waals surface area contributed by atoms with Crippen molar-refractivity contribution >= 4 is 21.6 Å². The van der Waals surface area contributed by atoms with Crippen LogP contribution in [0.2, 0.25) is 0 Å². The zero-order valence-electron chi connectivity index (χ0n) is 9.76. The molecule has 2 aromatic rings. The van der Waals surface area contributed by atoms with E-state index in [0.717, 1.165) is 16.1 Å². The van der Waals surface area contributed by atoms with Crippen molar-refractivity contribution in [2.45, 2.75) is 6.92 Å². The summed E-state index contributed by atoms with van der Waals surface area (Å²) in [6.45, 7) is 1.78. The van der Waals surface area contributed by atoms with Crippen molar-refractivity contribution in [3.05, 3.63) is 56.6 Å². The number of aromatic nitrogens is 1. The third-order valence-electron chi connectivity index (χ3n) is 2.45. The van der Waals surface area contributed by atoms with E-state index in [4.69, 9.17) is 4.74 Å². The van der Waals surface area contributed by atoms with E-state index < -0.39 is 10.7 Å². The van der Waals surface area contributed by atoms with E-state index in [1.807, 2.05) is 0 Å². The van der Waals surface area contributed by atoms with Crippen LogP contribution in [-0.4, -0.2) is 9.91 Å². The number of nitro groups is 1. The van der Waals surface area contributed by atoms with E-state index >= 15 is 0 Å². The van der Waals surface area contributed by atoms with Gasteiger partial charge in [-0.1, -0.05) is 0 Å². The fourth-order valence-electron chi connectivity index (χ4n) is 1.39. The first-order chi connectivity index (χ1) is 8.99. The lowest BCUT2D eigenvalue weighted by atomic mass is 10.2. The zero-order chi connectivity index (χ0) is 14.0. The Labute approximate surface area is 116 Å². The highest BCUT2D eigenvalue weighted by Crippen LogP contribution is 2.31. The molecule has 0 saturated heterocycles. The Morgan fingerprint density at radius 1 is 1.37 bits per heavy atom. The van der Waals surface area contributed by atoms with Crippen molar-refractivity contribution in [2.24, 2.45) is 0 Å². The minimum Gasteiger partial charge on any atom is -0.452 e. The second-order valence-corrected chi connectivity index (χ2v) is 4.57. The van der Waals surface area contributed by atoms with Gasteiger partial charge in [0, 0.05) is 22.3 Å². The Morgan fingerprint density at radius 2 is 2.11 bits per heavy atom. The van der Waals surface area contributed by atoms with Crippen LogP contribution in [0.15, 0.2) is 35.1 Å². The summed E-state index contributed by atoms with van der Waals surface area (Å²) < 4.78 is 19.8. The Morgan fingerprint density at radius 3 is 2.74 bits per heavy atom. The van der Waals surface area contributed by atoms with Gasteiger partial charge in [0.15, 0.2) is 11.6 Å². The van der Waals surface area contributed by atoms with E-state index in [0.29, 0.717) is 5.75 Å². The van der Waals surface area contributed by atoms with Crippen LogP contribution in [0.4, 0.5) is 10.1 Å². The topological polar surface area (TPSA) is 65.3 Å². The molecule has 2 rings (SSSR count). The zero-order valence-corrected chi connectivity index (χ0v) is 11.3. The molecule has 5 nitrogen and oxygen atoms in total. The van der Waals surface area contributed by atoms with Crippen LogP contribution in [0.5, 0.6) is 11.5 Å². The predicted molar refractivity (Wildman–Crippen MR) is 69.8 cm³/mol. The number of rotatable bonds is 3. The Hall–Kier alpha value is -2.02. The van der Waals surface area contributed by atoms with Gasteiger partial charge in [-0.05, 0) is 28.9 Å². The third-order valence-corrected chi connectivity index (χ3v) is 3.25. The largest absolute Gasteiger partial charge is 0.452 e. The number of ether oxygens (including phenoxy) is 1. The highest BCUT2D eigenvalue weighted by molar-refractivity contribution is 9.10. The van der Waals surface area contributed by atoms with Gasteiger partial charge < -0.3 is 4.74 Å². The Balaban J connectivity index is 2.34. The first-order valence-electron chi connectivity index (χ1n) is 5.21. The molecule has 0 amide bonds. The summed E-state index contributed by atoms with van der Waals surface area (Å²) in [5.41, 5.74) is 0.432. The van der Waals surface area contributed by atoms with E-state index in [1.165, 1.54) is 18.3 Å². The number of pyridine rings is 1. The van der Waals surface area contributed by atoms with Gasteiger partial charge in [-0.15, -0.1) is 0 Å². The van der Waals surface area contributed by atoms with Crippen LogP contribution >= 0.6 is 15.9 Å². The molecule has 0 unspecified atom stereocenters. The van der Waals surface area contributed by atoms with E-state index in [1.54, 1.807) is 13.1 Å². The summed E-state index contributed by atoms with van der Waals surface area (Å²) in [6, 6.07) is 3.21. The monoisotopic (exact) mass is 326 g/mol. The molecular weight excluding hydrogens is 319 g/mol. The molecule has 7 heteroatoms. The molecule has 0 atom stereocenters. The van der Waals surface area contributed by atoms with Crippen LogP contribution < -0.4 is 4.74 Å². The molecule has 1 aromatic carbocycles. The molecule has 0 aliphatic carbocycles. The number of nitrogens with zero attached hydrogens (tertiary/aromatic N) is 2. The second kappa shape index (κ2) is 5.31. The minimum atomic E-state index is -0.798. The number of halogens is 2. The number of hydrogen-bond acceptors (Lipinski definition) is 4. The van der Waals surface area contributed by atoms with Crippen molar-refractivity contribution in [3.8, 4) is 11.5 Å². The molecule has 0 bridgehead atoms. The molecule has 1 aromatic heterocycles. The first kappa shape index (κ1) is 13.4. The molecule has 0 fully saturated rings. The smallest absolute Gasteiger partial charge is 0.272 e. The number of hydrogen-bond donors (Lipinski definition) is 0. The maximum absolute atomic E-state index is 13.7. The molecule has 1 heterocycles. The van der Waals surface area contributed by atoms with Gasteiger partial charge in [0.1, 0.15) is 5.75 Å². The third kappa shape index (κ3) is 2.87. The van der Waals surface area contributed by atoms with Crippen LogP contribution in [0.1, 0.15) is 5.56 Å². The van der Waals surface area contributed by atoms with E-state index in [2.05, 4.69) is 20.9 Å². The van der Waals surface area contributed by atoms with Crippen molar-refractivity contribution in [1.29, 1.82) is 0 Å². The Bertz CT molecular complexity index is 649. The minimum absolute atomic E-state index is 0.0893. The standard InChI is InChI=1S/C12H8BrFN2O3/c1-7-9(13)5-15-6-12(7)19-11-3-2-8(16(17)18)4-10(11)14/h2-6H,1H3. The van der Waals surface area contributed by atoms with Gasteiger partial charge in [-0.3, -0.25) is 15.1 Å². The highest BCUT2D eigenvalue weighted by atomic mass is 79.9. The molecular formula is C12H8BrFN2O3. The lowest BCUT2D eigenvalue weighted by molar-refractivity contribution is -0.385. The molecule has 0 N–H and O–H groups in total. The average Bonchev–Trinajstić information content (AvgIpc) is 2.37. The Kier molecular flexibility index (Phi) is 3.75. The van der Waals surface area contributed by atoms with Gasteiger partial charge in [-0.2, -0.15) is 0 Å². The summed E-state index contributed by atoms with van der Waals surface area (Å²) in [5.74, 6) is -0.510. The number of nitro benzene ring substituents is 1. The van der Waals surface area contributed by atoms with Crippen LogP contribution in [0.25, 0.3) is 0 Å². The lowest BCUT2D eigenvalue weighted by Crippen LogP contribution is -1.94. The summed E-state index contributed by atoms with van der Waals surface area (Å²) >= 11 is 3.28. The van der Waals surface area contributed by atoms with Crippen LogP contribution in [0, 0.1) is 22.9 Å². The fraction of sp³-hybridized carbons (Fsp3) is 0.0833. The molecule has 98 valence electrons. The SMILES string of the molecule is Cc1c(Br)cncc1Oc1ccc([N+](=O)[O-])cc1F. The maximum atomic E-state index is 13.7. The van der Waals surface area contributed by atoms with Gasteiger partial charge in [-0.25, -0.2) is 4.39 Å². The molecule has 0 saturated carbocycles. The van der Waals surface area contributed by atoms with Gasteiger partial charge in [0.05, 0.1) is 17.2 Å². The summed E-state index contributed by atoms with van der Waals surface area (Å²) in [6.07, 6.45) is 3.04. The summed E-state index contributed by atoms with van der Waals surface area (Å²) in [5, 5.41) is 10.5. The van der Waals surface area contributed by atoms with Gasteiger partial charge in [0.2, 0.25) is 0 Å². The highest BCUT2D eigenvalue weighted by Gasteiger charge is 2.13. The number of benzene rings is 1. The van der Waals surface area contributed by atoms with Crippen LogP contribution in [-0.2, 0) is 0 Å². The van der Waals surface area contributed by atoms with Crippen LogP contribution in [0.3, 0.4) is 0 Å². The molecule has 0 aliphatic rings. The van der Waals surface area contributed by atoms with Crippen molar-refractivity contribution in [1.82, 2.24) is 4.98 Å². The average molecular weight is 327 g/mol. The van der Waals surface area contributed by atoms with Crippen molar-refractivity contribution < 1.29 is 14.1 Å². The van der Waals surface area contributed by atoms with Gasteiger partial charge in [0.25, 0.3) is 5.69 Å². The fourth-order valence-corrected chi connectivity index (χ4v) is 1.70. The second-order valence-electron chi connectivity index (χ2n) is 3.72. The van der Waals surface area contributed by atoms with Crippen molar-refractivity contribution in [2.75, 3.05) is 0 Å². The normalized spacial score (nSPS) is 10.3. The van der Waals surface area contributed by atoms with E-state index in [9.17, 15) is 14.5 Å². The molecule has 19 heavy (non-hydrogen) atoms. The van der Waals surface area contributed by atoms with E-state index in [-0.39, 0.29) is 11.4 Å². The molecule has 0 radical (unpaired) electrons. The summed E-state index contributed by atoms with van der Waals surface area (Å²) in [7, 11) is 0. The summed E-state index contributed by atoms with van der Waals surface area (Å²) in [4.78, 5) is 13.7. The molecule has 0 aliphatic heterocycles. The lowest BCUT2D eigenvalue weighted by Gasteiger charge is -2.09. The quantitative estimate of drug-likeness (QED) is 0.631.